The monoisotopic (exact) mass is 624 g/mol. The number of aromatic nitrogens is 1. The fourth-order valence-electron chi connectivity index (χ4n) is 4.49. The summed E-state index contributed by atoms with van der Waals surface area (Å²) in [5.74, 6) is -2.80. The van der Waals surface area contributed by atoms with Gasteiger partial charge in [-0.15, -0.1) is 11.3 Å². The highest BCUT2D eigenvalue weighted by atomic mass is 32.2. The molecule has 1 aliphatic rings. The standard InChI is InChI=1S/C30H28N2O9S2/c1-16(33)37-15-24-26(38-17(2)34)27(39-18(3)35)28(40-19(4)36)30(41-24)43-29-22(14-31)21(25-11-8-12-42-25)13-23(32-29)20-9-6-5-7-10-20/h5-13,24,26-28,30H,15H2,1-4H3/t24-,26-,27+,28-,30+/m1/s1. The molecule has 13 heteroatoms. The molecule has 3 aromatic rings. The third kappa shape index (κ3) is 7.98. The van der Waals surface area contributed by atoms with Gasteiger partial charge in [0, 0.05) is 43.7 Å². The van der Waals surface area contributed by atoms with E-state index in [0.717, 1.165) is 36.0 Å². The summed E-state index contributed by atoms with van der Waals surface area (Å²) in [4.78, 5) is 53.8. The molecule has 1 saturated heterocycles. The van der Waals surface area contributed by atoms with E-state index in [9.17, 15) is 24.4 Å². The Morgan fingerprint density at radius 1 is 0.907 bits per heavy atom. The number of hydrogen-bond acceptors (Lipinski definition) is 13. The Labute approximate surface area is 256 Å². The van der Waals surface area contributed by atoms with E-state index in [0.29, 0.717) is 11.3 Å². The summed E-state index contributed by atoms with van der Waals surface area (Å²) in [7, 11) is 0. The average Bonchev–Trinajstić information content (AvgIpc) is 3.49. The first-order valence-corrected chi connectivity index (χ1v) is 14.8. The van der Waals surface area contributed by atoms with Gasteiger partial charge in [0.2, 0.25) is 0 Å². The average molecular weight is 625 g/mol. The van der Waals surface area contributed by atoms with Crippen LogP contribution in [0.4, 0.5) is 0 Å². The van der Waals surface area contributed by atoms with Crippen LogP contribution in [0.2, 0.25) is 0 Å². The molecule has 5 atom stereocenters. The fourth-order valence-corrected chi connectivity index (χ4v) is 6.43. The number of nitrogens with zero attached hydrogens (tertiary/aromatic N) is 2. The van der Waals surface area contributed by atoms with Gasteiger partial charge in [-0.3, -0.25) is 19.2 Å². The van der Waals surface area contributed by atoms with Crippen LogP contribution < -0.4 is 0 Å². The Bertz CT molecular complexity index is 1520. The second-order valence-corrected chi connectivity index (χ2v) is 11.4. The van der Waals surface area contributed by atoms with Gasteiger partial charge in [0.05, 0.1) is 11.3 Å². The van der Waals surface area contributed by atoms with Gasteiger partial charge < -0.3 is 23.7 Å². The van der Waals surface area contributed by atoms with E-state index in [2.05, 4.69) is 6.07 Å². The SMILES string of the molecule is CC(=O)OC[C@H]1O[C@@H](Sc2nc(-c3ccccc3)cc(-c3cccs3)c2C#N)[C@H](OC(C)=O)[C@@H](OC(C)=O)[C@@H]1OC(C)=O. The van der Waals surface area contributed by atoms with E-state index in [1.54, 1.807) is 0 Å². The lowest BCUT2D eigenvalue weighted by molar-refractivity contribution is -0.237. The summed E-state index contributed by atoms with van der Waals surface area (Å²) in [6, 6.07) is 17.2. The van der Waals surface area contributed by atoms with E-state index in [1.807, 2.05) is 53.9 Å². The third-order valence-corrected chi connectivity index (χ3v) is 8.16. The van der Waals surface area contributed by atoms with Crippen molar-refractivity contribution in [2.45, 2.75) is 62.6 Å². The molecular weight excluding hydrogens is 596 g/mol. The number of thiophene rings is 1. The molecule has 0 saturated carbocycles. The maximum absolute atomic E-state index is 12.3. The predicted octanol–water partition coefficient (Wildman–Crippen LogP) is 4.52. The largest absolute Gasteiger partial charge is 0.463 e. The molecule has 0 N–H and O–H groups in total. The number of hydrogen-bond donors (Lipinski definition) is 0. The number of carbonyl (C=O) groups excluding carboxylic acids is 4. The van der Waals surface area contributed by atoms with Crippen LogP contribution in [0.15, 0.2) is 58.9 Å². The molecule has 3 heterocycles. The third-order valence-electron chi connectivity index (χ3n) is 6.13. The maximum atomic E-state index is 12.3. The van der Waals surface area contributed by atoms with E-state index in [4.69, 9.17) is 28.7 Å². The van der Waals surface area contributed by atoms with Crippen molar-refractivity contribution in [3.63, 3.8) is 0 Å². The predicted molar refractivity (Wildman–Crippen MR) is 156 cm³/mol. The van der Waals surface area contributed by atoms with Crippen LogP contribution in [0.1, 0.15) is 33.3 Å². The fraction of sp³-hybridized carbons (Fsp3) is 0.333. The summed E-state index contributed by atoms with van der Waals surface area (Å²) in [5, 5.41) is 12.5. The van der Waals surface area contributed by atoms with Gasteiger partial charge in [0.25, 0.3) is 0 Å². The number of nitriles is 1. The number of esters is 4. The molecule has 0 aliphatic carbocycles. The van der Waals surface area contributed by atoms with Crippen molar-refractivity contribution in [1.29, 1.82) is 5.26 Å². The van der Waals surface area contributed by atoms with E-state index >= 15 is 0 Å². The molecule has 0 amide bonds. The minimum absolute atomic E-state index is 0.250. The lowest BCUT2D eigenvalue weighted by atomic mass is 9.99. The molecule has 0 bridgehead atoms. The van der Waals surface area contributed by atoms with Crippen LogP contribution in [0.3, 0.4) is 0 Å². The van der Waals surface area contributed by atoms with Gasteiger partial charge in [-0.25, -0.2) is 4.98 Å². The lowest BCUT2D eigenvalue weighted by Gasteiger charge is -2.44. The number of carbonyl (C=O) groups is 4. The summed E-state index contributed by atoms with van der Waals surface area (Å²) >= 11 is 2.43. The smallest absolute Gasteiger partial charge is 0.303 e. The van der Waals surface area contributed by atoms with Crippen molar-refractivity contribution in [2.75, 3.05) is 6.61 Å². The van der Waals surface area contributed by atoms with Crippen LogP contribution in [-0.2, 0) is 42.9 Å². The molecule has 1 aromatic carbocycles. The zero-order valence-corrected chi connectivity index (χ0v) is 25.3. The zero-order valence-electron chi connectivity index (χ0n) is 23.7. The topological polar surface area (TPSA) is 151 Å². The molecule has 43 heavy (non-hydrogen) atoms. The molecular formula is C30H28N2O9S2. The summed E-state index contributed by atoms with van der Waals surface area (Å²) in [6.45, 7) is 4.31. The molecule has 0 unspecified atom stereocenters. The van der Waals surface area contributed by atoms with Crippen LogP contribution in [-0.4, -0.2) is 65.3 Å². The summed E-state index contributed by atoms with van der Waals surface area (Å²) in [5.41, 5.74) is 1.13. The Balaban J connectivity index is 1.85. The highest BCUT2D eigenvalue weighted by Gasteiger charge is 2.52. The second kappa shape index (κ2) is 14.3. The Kier molecular flexibility index (Phi) is 10.5. The van der Waals surface area contributed by atoms with Crippen LogP contribution >= 0.6 is 23.1 Å². The van der Waals surface area contributed by atoms with E-state index in [1.165, 1.54) is 25.2 Å². The Hall–Kier alpha value is -4.25. The first-order valence-electron chi connectivity index (χ1n) is 13.1. The molecule has 0 radical (unpaired) electrons. The van der Waals surface area contributed by atoms with Gasteiger partial charge in [-0.1, -0.05) is 48.2 Å². The lowest BCUT2D eigenvalue weighted by Crippen LogP contribution is -2.61. The molecule has 1 aliphatic heterocycles. The number of rotatable bonds is 9. The van der Waals surface area contributed by atoms with Crippen molar-refractivity contribution in [3.8, 4) is 27.8 Å². The van der Waals surface area contributed by atoms with Gasteiger partial charge in [0.1, 0.15) is 23.8 Å². The summed E-state index contributed by atoms with van der Waals surface area (Å²) < 4.78 is 28.0. The molecule has 11 nitrogen and oxygen atoms in total. The number of ether oxygens (including phenoxy) is 5. The minimum atomic E-state index is -1.34. The highest BCUT2D eigenvalue weighted by Crippen LogP contribution is 2.42. The Morgan fingerprint density at radius 3 is 2.14 bits per heavy atom. The van der Waals surface area contributed by atoms with Gasteiger partial charge in [0.15, 0.2) is 23.7 Å². The molecule has 0 spiro atoms. The number of pyridine rings is 1. The van der Waals surface area contributed by atoms with Crippen molar-refractivity contribution in [1.82, 2.24) is 4.98 Å². The second-order valence-electron chi connectivity index (χ2n) is 9.38. The molecule has 4 rings (SSSR count). The first-order chi connectivity index (χ1) is 20.6. The zero-order chi connectivity index (χ0) is 31.1. The number of thioether (sulfide) groups is 1. The number of benzene rings is 1. The van der Waals surface area contributed by atoms with Gasteiger partial charge >= 0.3 is 23.9 Å². The van der Waals surface area contributed by atoms with Crippen molar-refractivity contribution in [2.24, 2.45) is 0 Å². The van der Waals surface area contributed by atoms with Gasteiger partial charge in [-0.05, 0) is 17.5 Å². The molecule has 224 valence electrons. The normalized spacial score (nSPS) is 21.2. The maximum Gasteiger partial charge on any atom is 0.303 e. The van der Waals surface area contributed by atoms with E-state index < -0.39 is 53.7 Å². The molecule has 2 aromatic heterocycles. The van der Waals surface area contributed by atoms with Gasteiger partial charge in [-0.2, -0.15) is 5.26 Å². The highest BCUT2D eigenvalue weighted by molar-refractivity contribution is 7.99. The van der Waals surface area contributed by atoms with Crippen LogP contribution in [0, 0.1) is 11.3 Å². The van der Waals surface area contributed by atoms with Crippen molar-refractivity contribution in [3.05, 3.63) is 59.5 Å². The molecule has 1 fully saturated rings. The van der Waals surface area contributed by atoms with Crippen molar-refractivity contribution < 1.29 is 42.9 Å². The van der Waals surface area contributed by atoms with Crippen LogP contribution in [0.25, 0.3) is 21.7 Å². The summed E-state index contributed by atoms with van der Waals surface area (Å²) in [6.07, 6.45) is -5.05. The van der Waals surface area contributed by atoms with E-state index in [-0.39, 0.29) is 17.2 Å². The minimum Gasteiger partial charge on any atom is -0.463 e. The quantitative estimate of drug-likeness (QED) is 0.243. The van der Waals surface area contributed by atoms with Crippen LogP contribution in [0.5, 0.6) is 0 Å². The first kappa shape index (κ1) is 31.7. The Morgan fingerprint density at radius 2 is 1.56 bits per heavy atom. The van der Waals surface area contributed by atoms with Crippen molar-refractivity contribution >= 4 is 47.0 Å².